The van der Waals surface area contributed by atoms with E-state index in [1.165, 1.54) is 0 Å². The molecule has 0 aromatic carbocycles. The van der Waals surface area contributed by atoms with Crippen LogP contribution >= 0.6 is 0 Å². The Labute approximate surface area is 205 Å². The second kappa shape index (κ2) is 8.30. The first-order valence-electron chi connectivity index (χ1n) is 12.4. The molecule has 2 bridgehead atoms. The first kappa shape index (κ1) is 21.8. The fraction of sp³-hybridized carbons (Fsp3) is 0.565. The maximum atomic E-state index is 15.1. The number of alkyl halides is 1. The fourth-order valence-corrected chi connectivity index (χ4v) is 5.74. The molecule has 2 aliphatic heterocycles. The van der Waals surface area contributed by atoms with Crippen molar-refractivity contribution >= 4 is 29.2 Å². The molecule has 0 spiro atoms. The number of nitrogens with one attached hydrogen (secondary N) is 4. The van der Waals surface area contributed by atoms with Crippen molar-refractivity contribution in [1.29, 1.82) is 0 Å². The molecule has 3 aromatic rings. The lowest BCUT2D eigenvalue weighted by Gasteiger charge is -2.61. The Morgan fingerprint density at radius 2 is 2.08 bits per heavy atom. The molecule has 190 valence electrons. The molecule has 13 heteroatoms. The maximum absolute atomic E-state index is 15.1. The normalized spacial score (nSPS) is 31.1. The van der Waals surface area contributed by atoms with Crippen LogP contribution in [-0.2, 0) is 9.47 Å². The molecule has 5 heterocycles. The van der Waals surface area contributed by atoms with Gasteiger partial charge < -0.3 is 30.3 Å². The van der Waals surface area contributed by atoms with Crippen LogP contribution in [0.2, 0.25) is 0 Å². The minimum Gasteiger partial charge on any atom is -0.441 e. The van der Waals surface area contributed by atoms with E-state index in [1.807, 2.05) is 10.6 Å². The van der Waals surface area contributed by atoms with Crippen molar-refractivity contribution in [1.82, 2.24) is 35.2 Å². The molecule has 36 heavy (non-hydrogen) atoms. The Bertz CT molecular complexity index is 1270. The lowest BCUT2D eigenvalue weighted by atomic mass is 9.50. The first-order valence-corrected chi connectivity index (χ1v) is 12.4. The number of fused-ring (bicyclic) bond motifs is 1. The molecule has 3 aliphatic carbocycles. The van der Waals surface area contributed by atoms with Gasteiger partial charge in [-0.15, -0.1) is 0 Å². The number of aromatic amines is 1. The summed E-state index contributed by atoms with van der Waals surface area (Å²) >= 11 is 0. The van der Waals surface area contributed by atoms with Crippen LogP contribution < -0.4 is 20.9 Å². The molecule has 3 saturated carbocycles. The van der Waals surface area contributed by atoms with Gasteiger partial charge in [-0.3, -0.25) is 9.50 Å². The first-order chi connectivity index (χ1) is 17.6. The summed E-state index contributed by atoms with van der Waals surface area (Å²) in [6, 6.07) is 1.68. The number of H-pyrrole nitrogens is 1. The summed E-state index contributed by atoms with van der Waals surface area (Å²) in [5.41, 5.74) is 2.10. The van der Waals surface area contributed by atoms with Gasteiger partial charge in [0, 0.05) is 50.2 Å². The van der Waals surface area contributed by atoms with Crippen molar-refractivity contribution in [3.8, 4) is 0 Å². The zero-order valence-electron chi connectivity index (χ0n) is 19.6. The Kier molecular flexibility index (Phi) is 5.03. The summed E-state index contributed by atoms with van der Waals surface area (Å²) < 4.78 is 28.0. The molecule has 5 aliphatic rings. The number of carbonyl (C=O) groups is 1. The van der Waals surface area contributed by atoms with Crippen molar-refractivity contribution in [2.45, 2.75) is 43.2 Å². The topological polar surface area (TPSA) is 134 Å². The van der Waals surface area contributed by atoms with Gasteiger partial charge in [-0.25, -0.2) is 19.2 Å². The molecule has 8 rings (SSSR count). The summed E-state index contributed by atoms with van der Waals surface area (Å²) in [6.07, 6.45) is 4.40. The van der Waals surface area contributed by atoms with Gasteiger partial charge in [-0.2, -0.15) is 5.10 Å². The minimum atomic E-state index is -1.51. The van der Waals surface area contributed by atoms with Crippen molar-refractivity contribution in [3.63, 3.8) is 0 Å². The second-order valence-corrected chi connectivity index (χ2v) is 10.2. The third kappa shape index (κ3) is 3.64. The highest BCUT2D eigenvalue weighted by Gasteiger charge is 2.58. The molecule has 12 nitrogen and oxygen atoms in total. The Balaban J connectivity index is 1.02. The average Bonchev–Trinajstić information content (AvgIpc) is 3.58. The number of halogens is 1. The number of rotatable bonds is 6. The van der Waals surface area contributed by atoms with Crippen LogP contribution in [0.5, 0.6) is 0 Å². The number of hydrogen-bond donors (Lipinski definition) is 4. The van der Waals surface area contributed by atoms with Gasteiger partial charge in [-0.1, -0.05) is 0 Å². The minimum absolute atomic E-state index is 0.0125. The zero-order valence-corrected chi connectivity index (χ0v) is 19.6. The Hall–Kier alpha value is -3.45. The van der Waals surface area contributed by atoms with Gasteiger partial charge in [0.15, 0.2) is 23.7 Å². The zero-order chi connectivity index (χ0) is 24.3. The SMILES string of the molecule is O=C(NC12CC(C1)C2)O[C@@H]1CO[C@H](c2cc(Nc3ncc(N4CCNCC4)c4nccn34)n[nH]2)[C@H]1F. The molecule has 5 fully saturated rings. The molecule has 3 aromatic heterocycles. The summed E-state index contributed by atoms with van der Waals surface area (Å²) in [4.78, 5) is 23.6. The van der Waals surface area contributed by atoms with E-state index in [0.29, 0.717) is 17.5 Å². The van der Waals surface area contributed by atoms with Crippen molar-refractivity contribution in [2.24, 2.45) is 5.92 Å². The lowest BCUT2D eigenvalue weighted by Crippen LogP contribution is -2.68. The molecule has 3 atom stereocenters. The molecular weight excluding hydrogens is 469 g/mol. The summed E-state index contributed by atoms with van der Waals surface area (Å²) in [6.45, 7) is 3.60. The van der Waals surface area contributed by atoms with Crippen LogP contribution in [0.25, 0.3) is 5.65 Å². The van der Waals surface area contributed by atoms with E-state index >= 15 is 4.39 Å². The predicted octanol–water partition coefficient (Wildman–Crippen LogP) is 1.66. The van der Waals surface area contributed by atoms with E-state index in [9.17, 15) is 4.79 Å². The fourth-order valence-electron chi connectivity index (χ4n) is 5.74. The number of anilines is 3. The van der Waals surface area contributed by atoms with Gasteiger partial charge in [0.05, 0.1) is 24.2 Å². The van der Waals surface area contributed by atoms with Gasteiger partial charge in [-0.05, 0) is 25.2 Å². The van der Waals surface area contributed by atoms with Crippen molar-refractivity contribution in [2.75, 3.05) is 43.0 Å². The number of alkyl carbamates (subject to hydrolysis) is 1. The highest BCUT2D eigenvalue weighted by Crippen LogP contribution is 2.57. The number of imidazole rings is 1. The molecule has 1 amide bonds. The van der Waals surface area contributed by atoms with Crippen LogP contribution in [0.4, 0.5) is 26.6 Å². The third-order valence-corrected chi connectivity index (χ3v) is 7.76. The predicted molar refractivity (Wildman–Crippen MR) is 127 cm³/mol. The number of piperazine rings is 1. The van der Waals surface area contributed by atoms with E-state index in [1.54, 1.807) is 18.5 Å². The van der Waals surface area contributed by atoms with E-state index in [2.05, 4.69) is 41.0 Å². The lowest BCUT2D eigenvalue weighted by molar-refractivity contribution is -0.0528. The summed E-state index contributed by atoms with van der Waals surface area (Å²) in [5, 5.41) is 16.5. The largest absolute Gasteiger partial charge is 0.441 e. The number of nitrogens with zero attached hydrogens (tertiary/aromatic N) is 5. The summed E-state index contributed by atoms with van der Waals surface area (Å²) in [5.74, 6) is 1.73. The van der Waals surface area contributed by atoms with E-state index in [4.69, 9.17) is 9.47 Å². The average molecular weight is 498 g/mol. The monoisotopic (exact) mass is 497 g/mol. The highest BCUT2D eigenvalue weighted by atomic mass is 19.1. The van der Waals surface area contributed by atoms with Crippen molar-refractivity contribution < 1.29 is 18.7 Å². The van der Waals surface area contributed by atoms with Crippen LogP contribution in [-0.4, -0.2) is 81.3 Å². The number of amides is 1. The van der Waals surface area contributed by atoms with E-state index in [0.717, 1.165) is 62.7 Å². The Morgan fingerprint density at radius 3 is 2.86 bits per heavy atom. The van der Waals surface area contributed by atoms with Gasteiger partial charge >= 0.3 is 6.09 Å². The number of hydrogen-bond acceptors (Lipinski definition) is 9. The molecule has 0 radical (unpaired) electrons. The number of ether oxygens (including phenoxy) is 2. The smallest absolute Gasteiger partial charge is 0.408 e. The van der Waals surface area contributed by atoms with Gasteiger partial charge in [0.25, 0.3) is 0 Å². The Morgan fingerprint density at radius 1 is 1.25 bits per heavy atom. The number of carbonyl (C=O) groups excluding carboxylic acids is 1. The van der Waals surface area contributed by atoms with Crippen LogP contribution in [0.1, 0.15) is 31.1 Å². The molecule has 4 N–H and O–H groups in total. The van der Waals surface area contributed by atoms with Crippen LogP contribution in [0.15, 0.2) is 24.7 Å². The van der Waals surface area contributed by atoms with Crippen LogP contribution in [0, 0.1) is 5.92 Å². The third-order valence-electron chi connectivity index (χ3n) is 7.76. The molecule has 0 unspecified atom stereocenters. The summed E-state index contributed by atoms with van der Waals surface area (Å²) in [7, 11) is 0. The molecule has 2 saturated heterocycles. The second-order valence-electron chi connectivity index (χ2n) is 10.2. The van der Waals surface area contributed by atoms with Crippen LogP contribution in [0.3, 0.4) is 0 Å². The quantitative estimate of drug-likeness (QED) is 0.401. The van der Waals surface area contributed by atoms with E-state index in [-0.39, 0.29) is 12.1 Å². The van der Waals surface area contributed by atoms with Crippen molar-refractivity contribution in [3.05, 3.63) is 30.4 Å². The standard InChI is InChI=1S/C23H28FN9O3/c24-18-16(36-22(34)29-23-8-13(9-23)10-23)12-35-19(18)14-7-17(31-30-14)28-21-27-11-15(20-26-3-6-33(20)21)32-4-1-25-2-5-32/h3,6-7,11,13,16,18-19,25H,1-2,4-5,8-10,12H2,(H,29,34)(H2,27,28,30,31)/t13?,16-,18+,19-,23?/m1/s1. The number of aromatic nitrogens is 5. The van der Waals surface area contributed by atoms with E-state index < -0.39 is 24.5 Å². The maximum Gasteiger partial charge on any atom is 0.408 e. The van der Waals surface area contributed by atoms with Gasteiger partial charge in [0.1, 0.15) is 6.10 Å². The molecular formula is C23H28FN9O3. The highest BCUT2D eigenvalue weighted by molar-refractivity contribution is 5.71. The van der Waals surface area contributed by atoms with Gasteiger partial charge in [0.2, 0.25) is 5.95 Å².